The van der Waals surface area contributed by atoms with Gasteiger partial charge in [-0.15, -0.1) is 0 Å². The predicted octanol–water partition coefficient (Wildman–Crippen LogP) is 2.79. The van der Waals surface area contributed by atoms with Crippen molar-refractivity contribution in [3.05, 3.63) is 35.9 Å². The van der Waals surface area contributed by atoms with E-state index in [1.165, 1.54) is 11.8 Å². The van der Waals surface area contributed by atoms with Gasteiger partial charge in [0.05, 0.1) is 0 Å². The van der Waals surface area contributed by atoms with Crippen molar-refractivity contribution in [2.45, 2.75) is 31.5 Å². The van der Waals surface area contributed by atoms with Crippen molar-refractivity contribution in [3.8, 4) is 0 Å². The highest BCUT2D eigenvalue weighted by atomic mass is 19.4. The van der Waals surface area contributed by atoms with Crippen LogP contribution in [-0.4, -0.2) is 41.6 Å². The van der Waals surface area contributed by atoms with Gasteiger partial charge in [0.1, 0.15) is 5.54 Å². The van der Waals surface area contributed by atoms with Crippen LogP contribution in [0.25, 0.3) is 0 Å². The fourth-order valence-electron chi connectivity index (χ4n) is 2.54. The molecule has 120 valence electrons. The van der Waals surface area contributed by atoms with Crippen molar-refractivity contribution in [1.82, 2.24) is 4.90 Å². The van der Waals surface area contributed by atoms with Crippen molar-refractivity contribution in [2.24, 2.45) is 0 Å². The summed E-state index contributed by atoms with van der Waals surface area (Å²) in [7, 11) is 0. The molecule has 1 amide bonds. The van der Waals surface area contributed by atoms with Gasteiger partial charge in [-0.1, -0.05) is 18.2 Å². The number of hydrogen-bond donors (Lipinski definition) is 0. The average molecular weight is 315 g/mol. The maximum atomic E-state index is 12.5. The van der Waals surface area contributed by atoms with E-state index in [4.69, 9.17) is 0 Å². The monoisotopic (exact) mass is 315 g/mol. The molecule has 1 aliphatic rings. The predicted molar refractivity (Wildman–Crippen MR) is 72.1 cm³/mol. The largest absolute Gasteiger partial charge is 0.454 e. The summed E-state index contributed by atoms with van der Waals surface area (Å²) in [4.78, 5) is 25.8. The number of likely N-dealkylation sites (tertiary alicyclic amines) is 1. The lowest BCUT2D eigenvalue weighted by Crippen LogP contribution is -2.52. The molecule has 0 spiro atoms. The van der Waals surface area contributed by atoms with Crippen LogP contribution in [0.1, 0.15) is 30.1 Å². The third kappa shape index (κ3) is 3.40. The van der Waals surface area contributed by atoms with Gasteiger partial charge in [0.15, 0.2) is 6.61 Å². The standard InChI is InChI=1S/C15H16F3NO3/c1-14(13(21)22-10-15(16,17)18)8-5-9-19(14)12(20)11-6-3-2-4-7-11/h2-4,6-7H,5,8-10H2,1H3/t14-/m1/s1. The normalized spacial score (nSPS) is 21.7. The van der Waals surface area contributed by atoms with Crippen LogP contribution in [-0.2, 0) is 9.53 Å². The number of esters is 1. The Labute approximate surface area is 125 Å². The van der Waals surface area contributed by atoms with E-state index < -0.39 is 24.3 Å². The van der Waals surface area contributed by atoms with Crippen LogP contribution in [0.2, 0.25) is 0 Å². The first kappa shape index (κ1) is 16.3. The summed E-state index contributed by atoms with van der Waals surface area (Å²) in [6.07, 6.45) is -3.77. The van der Waals surface area contributed by atoms with Gasteiger partial charge in [-0.3, -0.25) is 4.79 Å². The first-order chi connectivity index (χ1) is 10.2. The summed E-state index contributed by atoms with van der Waals surface area (Å²) in [6, 6.07) is 8.31. The third-order valence-corrected chi connectivity index (χ3v) is 3.71. The van der Waals surface area contributed by atoms with Gasteiger partial charge < -0.3 is 9.64 Å². The molecule has 0 saturated carbocycles. The van der Waals surface area contributed by atoms with E-state index in [1.54, 1.807) is 30.3 Å². The Hall–Kier alpha value is -2.05. The van der Waals surface area contributed by atoms with Gasteiger partial charge in [0, 0.05) is 12.1 Å². The second-order valence-electron chi connectivity index (χ2n) is 5.39. The van der Waals surface area contributed by atoms with Crippen molar-refractivity contribution >= 4 is 11.9 Å². The lowest BCUT2D eigenvalue weighted by atomic mass is 9.98. The minimum absolute atomic E-state index is 0.280. The summed E-state index contributed by atoms with van der Waals surface area (Å²) < 4.78 is 40.9. The first-order valence-corrected chi connectivity index (χ1v) is 6.85. The zero-order valence-corrected chi connectivity index (χ0v) is 12.0. The van der Waals surface area contributed by atoms with Gasteiger partial charge >= 0.3 is 12.1 Å². The topological polar surface area (TPSA) is 46.6 Å². The molecule has 0 unspecified atom stereocenters. The van der Waals surface area contributed by atoms with E-state index in [0.29, 0.717) is 18.5 Å². The molecule has 1 fully saturated rings. The first-order valence-electron chi connectivity index (χ1n) is 6.85. The number of carbonyl (C=O) groups excluding carboxylic acids is 2. The second-order valence-corrected chi connectivity index (χ2v) is 5.39. The fraction of sp³-hybridized carbons (Fsp3) is 0.467. The molecular weight excluding hydrogens is 299 g/mol. The van der Waals surface area contributed by atoms with E-state index in [-0.39, 0.29) is 12.3 Å². The van der Waals surface area contributed by atoms with Crippen molar-refractivity contribution in [3.63, 3.8) is 0 Å². The van der Waals surface area contributed by atoms with Crippen LogP contribution in [0.4, 0.5) is 13.2 Å². The number of nitrogens with zero attached hydrogens (tertiary/aromatic N) is 1. The second kappa shape index (κ2) is 5.98. The number of ether oxygens (including phenoxy) is 1. The smallest absolute Gasteiger partial charge is 0.422 e. The van der Waals surface area contributed by atoms with Crippen LogP contribution in [0, 0.1) is 0 Å². The SMILES string of the molecule is C[C@]1(C(=O)OCC(F)(F)F)CCCN1C(=O)c1ccccc1. The minimum atomic E-state index is -4.58. The zero-order chi connectivity index (χ0) is 16.4. The molecular formula is C15H16F3NO3. The van der Waals surface area contributed by atoms with Crippen LogP contribution < -0.4 is 0 Å². The van der Waals surface area contributed by atoms with Gasteiger partial charge in [-0.05, 0) is 31.9 Å². The van der Waals surface area contributed by atoms with E-state index in [2.05, 4.69) is 4.74 Å². The van der Waals surface area contributed by atoms with Gasteiger partial charge in [0.25, 0.3) is 5.91 Å². The number of hydrogen-bond acceptors (Lipinski definition) is 3. The average Bonchev–Trinajstić information content (AvgIpc) is 2.87. The maximum Gasteiger partial charge on any atom is 0.422 e. The molecule has 2 rings (SSSR count). The summed E-state index contributed by atoms with van der Waals surface area (Å²) in [6.45, 7) is 0.111. The number of amides is 1. The Morgan fingerprint density at radius 2 is 1.91 bits per heavy atom. The van der Waals surface area contributed by atoms with Crippen LogP contribution >= 0.6 is 0 Å². The van der Waals surface area contributed by atoms with Gasteiger partial charge in [0.2, 0.25) is 0 Å². The van der Waals surface area contributed by atoms with Crippen molar-refractivity contribution in [2.75, 3.05) is 13.2 Å². The molecule has 1 saturated heterocycles. The highest BCUT2D eigenvalue weighted by molar-refractivity contribution is 5.98. The lowest BCUT2D eigenvalue weighted by Gasteiger charge is -2.33. The van der Waals surface area contributed by atoms with Crippen molar-refractivity contribution in [1.29, 1.82) is 0 Å². The molecule has 1 aliphatic heterocycles. The van der Waals surface area contributed by atoms with Crippen molar-refractivity contribution < 1.29 is 27.5 Å². The van der Waals surface area contributed by atoms with Gasteiger partial charge in [-0.25, -0.2) is 4.79 Å². The molecule has 7 heteroatoms. The lowest BCUT2D eigenvalue weighted by molar-refractivity contribution is -0.192. The zero-order valence-electron chi connectivity index (χ0n) is 12.0. The van der Waals surface area contributed by atoms with E-state index >= 15 is 0 Å². The number of carbonyl (C=O) groups is 2. The molecule has 1 aromatic rings. The molecule has 0 bridgehead atoms. The Morgan fingerprint density at radius 3 is 2.50 bits per heavy atom. The Balaban J connectivity index is 2.15. The Morgan fingerprint density at radius 1 is 1.27 bits per heavy atom. The Kier molecular flexibility index (Phi) is 4.44. The molecule has 0 aliphatic carbocycles. The van der Waals surface area contributed by atoms with E-state index in [0.717, 1.165) is 0 Å². The molecule has 1 aromatic carbocycles. The molecule has 0 N–H and O–H groups in total. The van der Waals surface area contributed by atoms with Crippen LogP contribution in [0.3, 0.4) is 0 Å². The highest BCUT2D eigenvalue weighted by Crippen LogP contribution is 2.32. The molecule has 22 heavy (non-hydrogen) atoms. The van der Waals surface area contributed by atoms with Crippen LogP contribution in [0.5, 0.6) is 0 Å². The molecule has 1 atom stereocenters. The summed E-state index contributed by atoms with van der Waals surface area (Å²) in [5, 5.41) is 0. The number of rotatable bonds is 3. The van der Waals surface area contributed by atoms with Gasteiger partial charge in [-0.2, -0.15) is 13.2 Å². The quantitative estimate of drug-likeness (QED) is 0.806. The maximum absolute atomic E-state index is 12.5. The minimum Gasteiger partial charge on any atom is -0.454 e. The summed E-state index contributed by atoms with van der Waals surface area (Å²) in [5.41, 5.74) is -0.975. The summed E-state index contributed by atoms with van der Waals surface area (Å²) >= 11 is 0. The summed E-state index contributed by atoms with van der Waals surface area (Å²) in [5.74, 6) is -1.41. The number of halogens is 3. The highest BCUT2D eigenvalue weighted by Gasteiger charge is 2.48. The Bertz CT molecular complexity index is 559. The molecule has 0 radical (unpaired) electrons. The molecule has 1 heterocycles. The molecule has 0 aromatic heterocycles. The van der Waals surface area contributed by atoms with E-state index in [9.17, 15) is 22.8 Å². The fourth-order valence-corrected chi connectivity index (χ4v) is 2.54. The number of benzene rings is 1. The third-order valence-electron chi connectivity index (χ3n) is 3.71. The van der Waals surface area contributed by atoms with E-state index in [1.807, 2.05) is 0 Å². The van der Waals surface area contributed by atoms with Crippen LogP contribution in [0.15, 0.2) is 30.3 Å². The number of alkyl halides is 3. The molecule has 4 nitrogen and oxygen atoms in total.